The summed E-state index contributed by atoms with van der Waals surface area (Å²) in [6.07, 6.45) is 3.40. The van der Waals surface area contributed by atoms with E-state index in [1.54, 1.807) is 6.08 Å². The van der Waals surface area contributed by atoms with Crippen LogP contribution in [-0.4, -0.2) is 56.9 Å². The standard InChI is InChI=1S/C14H15N3O5S2/c1-21-11-8(7-15-13(16-11)22-2)6-9-12(20)17(14(23)24-9)5-3-4-10(18)19/h6-7H,3-5H2,1-2H3,(H,18,19)/b9-6-. The summed E-state index contributed by atoms with van der Waals surface area (Å²) >= 11 is 6.33. The van der Waals surface area contributed by atoms with Crippen LogP contribution >= 0.6 is 24.0 Å². The summed E-state index contributed by atoms with van der Waals surface area (Å²) in [6, 6.07) is 0.158. The van der Waals surface area contributed by atoms with Gasteiger partial charge in [0.1, 0.15) is 4.32 Å². The minimum Gasteiger partial charge on any atom is -0.481 e. The molecular weight excluding hydrogens is 354 g/mol. The first kappa shape index (κ1) is 18.1. The summed E-state index contributed by atoms with van der Waals surface area (Å²) in [4.78, 5) is 32.8. The van der Waals surface area contributed by atoms with Crippen LogP contribution in [0.2, 0.25) is 0 Å². The first-order chi connectivity index (χ1) is 11.5. The zero-order chi connectivity index (χ0) is 17.7. The Hall–Kier alpha value is -2.20. The number of thiocarbonyl (C=S) groups is 1. The van der Waals surface area contributed by atoms with E-state index >= 15 is 0 Å². The molecule has 2 rings (SSSR count). The molecule has 1 aliphatic rings. The largest absolute Gasteiger partial charge is 0.481 e. The van der Waals surface area contributed by atoms with Crippen molar-refractivity contribution in [2.24, 2.45) is 0 Å². The highest BCUT2D eigenvalue weighted by atomic mass is 32.2. The molecular formula is C14H15N3O5S2. The van der Waals surface area contributed by atoms with E-state index in [4.69, 9.17) is 26.8 Å². The molecule has 0 bridgehead atoms. The third-order valence-corrected chi connectivity index (χ3v) is 4.44. The molecule has 1 aromatic heterocycles. The molecule has 0 saturated carbocycles. The smallest absolute Gasteiger partial charge is 0.319 e. The summed E-state index contributed by atoms with van der Waals surface area (Å²) in [6.45, 7) is 0.268. The Labute approximate surface area is 147 Å². The fraction of sp³-hybridized carbons (Fsp3) is 0.357. The minimum atomic E-state index is -0.906. The van der Waals surface area contributed by atoms with E-state index in [-0.39, 0.29) is 30.8 Å². The van der Waals surface area contributed by atoms with Crippen LogP contribution in [-0.2, 0) is 9.59 Å². The molecule has 1 N–H and O–H groups in total. The van der Waals surface area contributed by atoms with Crippen molar-refractivity contribution in [2.45, 2.75) is 12.8 Å². The van der Waals surface area contributed by atoms with Gasteiger partial charge in [-0.25, -0.2) is 4.98 Å². The number of hydrogen-bond donors (Lipinski definition) is 1. The van der Waals surface area contributed by atoms with E-state index in [9.17, 15) is 9.59 Å². The zero-order valence-corrected chi connectivity index (χ0v) is 14.6. The number of aliphatic carboxylic acids is 1. The number of nitrogens with zero attached hydrogens (tertiary/aromatic N) is 3. The second kappa shape index (κ2) is 8.06. The normalized spacial score (nSPS) is 15.9. The van der Waals surface area contributed by atoms with Gasteiger partial charge in [0.25, 0.3) is 5.91 Å². The van der Waals surface area contributed by atoms with Crippen LogP contribution in [0, 0.1) is 0 Å². The first-order valence-corrected chi connectivity index (χ1v) is 8.11. The summed E-state index contributed by atoms with van der Waals surface area (Å²) < 4.78 is 10.5. The van der Waals surface area contributed by atoms with E-state index in [2.05, 4.69) is 9.97 Å². The number of hydrogen-bond acceptors (Lipinski definition) is 8. The fourth-order valence-corrected chi connectivity index (χ4v) is 3.24. The van der Waals surface area contributed by atoms with Gasteiger partial charge in [0.05, 0.1) is 24.7 Å². The number of methoxy groups -OCH3 is 2. The summed E-state index contributed by atoms with van der Waals surface area (Å²) in [5, 5.41) is 8.68. The molecule has 1 aliphatic heterocycles. The van der Waals surface area contributed by atoms with Gasteiger partial charge in [0.2, 0.25) is 5.88 Å². The highest BCUT2D eigenvalue weighted by Gasteiger charge is 2.32. The number of carbonyl (C=O) groups is 2. The van der Waals surface area contributed by atoms with Gasteiger partial charge in [-0.2, -0.15) is 4.98 Å². The van der Waals surface area contributed by atoms with E-state index in [0.717, 1.165) is 11.8 Å². The Morgan fingerprint density at radius 1 is 1.46 bits per heavy atom. The molecule has 128 valence electrons. The Bertz CT molecular complexity index is 708. The lowest BCUT2D eigenvalue weighted by Crippen LogP contribution is -2.29. The van der Waals surface area contributed by atoms with E-state index in [1.807, 2.05) is 0 Å². The van der Waals surface area contributed by atoms with Crippen LogP contribution in [0.3, 0.4) is 0 Å². The van der Waals surface area contributed by atoms with Crippen molar-refractivity contribution in [3.8, 4) is 11.9 Å². The van der Waals surface area contributed by atoms with Crippen molar-refractivity contribution >= 4 is 46.3 Å². The summed E-state index contributed by atoms with van der Waals surface area (Å²) in [7, 11) is 2.90. The van der Waals surface area contributed by atoms with E-state index in [1.165, 1.54) is 25.3 Å². The molecule has 0 radical (unpaired) electrons. The van der Waals surface area contributed by atoms with Crippen LogP contribution < -0.4 is 9.47 Å². The van der Waals surface area contributed by atoms with Gasteiger partial charge < -0.3 is 14.6 Å². The minimum absolute atomic E-state index is 0.0176. The van der Waals surface area contributed by atoms with Crippen LogP contribution in [0.4, 0.5) is 0 Å². The molecule has 2 heterocycles. The predicted molar refractivity (Wildman–Crippen MR) is 91.9 cm³/mol. The molecule has 0 aliphatic carbocycles. The third-order valence-electron chi connectivity index (χ3n) is 3.07. The van der Waals surface area contributed by atoms with Gasteiger partial charge >= 0.3 is 12.0 Å². The molecule has 0 unspecified atom stereocenters. The highest BCUT2D eigenvalue weighted by Crippen LogP contribution is 2.34. The summed E-state index contributed by atoms with van der Waals surface area (Å²) in [5.41, 5.74) is 0.518. The maximum atomic E-state index is 12.4. The molecule has 24 heavy (non-hydrogen) atoms. The average molecular weight is 369 g/mol. The molecule has 1 saturated heterocycles. The number of aromatic nitrogens is 2. The van der Waals surface area contributed by atoms with Crippen LogP contribution in [0.1, 0.15) is 18.4 Å². The first-order valence-electron chi connectivity index (χ1n) is 6.88. The zero-order valence-electron chi connectivity index (χ0n) is 13.0. The van der Waals surface area contributed by atoms with Gasteiger partial charge in [-0.15, -0.1) is 0 Å². The van der Waals surface area contributed by atoms with Gasteiger partial charge in [-0.1, -0.05) is 24.0 Å². The van der Waals surface area contributed by atoms with Crippen LogP contribution in [0.25, 0.3) is 6.08 Å². The number of ether oxygens (including phenoxy) is 2. The Morgan fingerprint density at radius 3 is 2.83 bits per heavy atom. The van der Waals surface area contributed by atoms with Crippen LogP contribution in [0.5, 0.6) is 11.9 Å². The van der Waals surface area contributed by atoms with Crippen molar-refractivity contribution in [1.29, 1.82) is 0 Å². The Morgan fingerprint density at radius 2 is 2.21 bits per heavy atom. The molecule has 1 fully saturated rings. The van der Waals surface area contributed by atoms with E-state index in [0.29, 0.717) is 21.2 Å². The maximum Gasteiger partial charge on any atom is 0.319 e. The topological polar surface area (TPSA) is 102 Å². The number of carbonyl (C=O) groups excluding carboxylic acids is 1. The lowest BCUT2D eigenvalue weighted by atomic mass is 10.2. The maximum absolute atomic E-state index is 12.4. The Kier molecular flexibility index (Phi) is 6.10. The molecule has 0 aromatic carbocycles. The predicted octanol–water partition coefficient (Wildman–Crippen LogP) is 1.56. The number of amides is 1. The lowest BCUT2D eigenvalue weighted by molar-refractivity contribution is -0.137. The lowest BCUT2D eigenvalue weighted by Gasteiger charge is -2.13. The van der Waals surface area contributed by atoms with Gasteiger partial charge in [0, 0.05) is 19.2 Å². The number of carboxylic acid groups (broad SMARTS) is 1. The quantitative estimate of drug-likeness (QED) is 0.566. The van der Waals surface area contributed by atoms with Gasteiger partial charge in [0.15, 0.2) is 0 Å². The van der Waals surface area contributed by atoms with E-state index < -0.39 is 5.97 Å². The second-order valence-corrected chi connectivity index (χ2v) is 6.33. The fourth-order valence-electron chi connectivity index (χ4n) is 1.94. The Balaban J connectivity index is 2.18. The average Bonchev–Trinajstić information content (AvgIpc) is 2.82. The monoisotopic (exact) mass is 369 g/mol. The molecule has 1 amide bonds. The number of carboxylic acids is 1. The summed E-state index contributed by atoms with van der Waals surface area (Å²) in [5.74, 6) is -0.901. The second-order valence-electron chi connectivity index (χ2n) is 4.65. The number of thioether (sulfide) groups is 1. The molecule has 0 spiro atoms. The molecule has 1 aromatic rings. The van der Waals surface area contributed by atoms with Crippen molar-refractivity contribution in [2.75, 3.05) is 20.8 Å². The van der Waals surface area contributed by atoms with Gasteiger partial charge in [-0.3, -0.25) is 14.5 Å². The SMILES string of the molecule is COc1ncc(/C=C2\SC(=S)N(CCCC(=O)O)C2=O)c(OC)n1. The van der Waals surface area contributed by atoms with Crippen molar-refractivity contribution in [1.82, 2.24) is 14.9 Å². The van der Waals surface area contributed by atoms with Crippen molar-refractivity contribution in [3.05, 3.63) is 16.7 Å². The highest BCUT2D eigenvalue weighted by molar-refractivity contribution is 8.26. The van der Waals surface area contributed by atoms with Crippen molar-refractivity contribution < 1.29 is 24.2 Å². The van der Waals surface area contributed by atoms with Crippen LogP contribution in [0.15, 0.2) is 11.1 Å². The molecule has 0 atom stereocenters. The van der Waals surface area contributed by atoms with Gasteiger partial charge in [-0.05, 0) is 12.5 Å². The molecule has 8 nitrogen and oxygen atoms in total. The molecule has 10 heteroatoms. The van der Waals surface area contributed by atoms with Crippen molar-refractivity contribution in [3.63, 3.8) is 0 Å². The third kappa shape index (κ3) is 4.20. The number of rotatable bonds is 7.